The molecule has 0 spiro atoms. The highest BCUT2D eigenvalue weighted by Crippen LogP contribution is 2.18. The molecule has 1 unspecified atom stereocenters. The molecular formula is C61H118O6. The van der Waals surface area contributed by atoms with Crippen LogP contribution in [0.25, 0.3) is 0 Å². The largest absolute Gasteiger partial charge is 0.462 e. The van der Waals surface area contributed by atoms with Crippen molar-refractivity contribution in [2.75, 3.05) is 13.2 Å². The van der Waals surface area contributed by atoms with Crippen molar-refractivity contribution in [3.05, 3.63) is 0 Å². The monoisotopic (exact) mass is 947 g/mol. The molecule has 67 heavy (non-hydrogen) atoms. The average molecular weight is 948 g/mol. The number of hydrogen-bond acceptors (Lipinski definition) is 6. The van der Waals surface area contributed by atoms with Crippen molar-refractivity contribution in [3.8, 4) is 0 Å². The van der Waals surface area contributed by atoms with Gasteiger partial charge in [0.2, 0.25) is 0 Å². The number of rotatable bonds is 57. The minimum absolute atomic E-state index is 0.0626. The summed E-state index contributed by atoms with van der Waals surface area (Å²) in [5, 5.41) is 0. The Hall–Kier alpha value is -1.59. The SMILES string of the molecule is CCCCCCCCCCCCCCCCCCCCCCCCCCCCCCCCCC(=O)OCC(COC(=O)CCCCCCCC)OC(=O)CCCCCCCCCCCCCC. The molecule has 6 nitrogen and oxygen atoms in total. The van der Waals surface area contributed by atoms with E-state index in [4.69, 9.17) is 14.2 Å². The second-order valence-corrected chi connectivity index (χ2v) is 21.0. The Morgan fingerprint density at radius 3 is 0.597 bits per heavy atom. The molecule has 0 aliphatic heterocycles. The molecule has 0 amide bonds. The highest BCUT2D eigenvalue weighted by molar-refractivity contribution is 5.71. The van der Waals surface area contributed by atoms with Gasteiger partial charge >= 0.3 is 17.9 Å². The van der Waals surface area contributed by atoms with Crippen LogP contribution >= 0.6 is 0 Å². The Morgan fingerprint density at radius 1 is 0.239 bits per heavy atom. The third-order valence-corrected chi connectivity index (χ3v) is 14.1. The van der Waals surface area contributed by atoms with Crippen LogP contribution in [0.5, 0.6) is 0 Å². The summed E-state index contributed by atoms with van der Waals surface area (Å²) in [6, 6.07) is 0. The van der Waals surface area contributed by atoms with Gasteiger partial charge in [-0.2, -0.15) is 0 Å². The zero-order valence-electron chi connectivity index (χ0n) is 45.7. The van der Waals surface area contributed by atoms with E-state index in [0.717, 1.165) is 57.8 Å². The lowest BCUT2D eigenvalue weighted by Crippen LogP contribution is -2.30. The normalized spacial score (nSPS) is 11.9. The van der Waals surface area contributed by atoms with Gasteiger partial charge in [0.1, 0.15) is 13.2 Å². The fourth-order valence-corrected chi connectivity index (χ4v) is 9.51. The molecule has 0 rings (SSSR count). The maximum Gasteiger partial charge on any atom is 0.306 e. The van der Waals surface area contributed by atoms with Crippen molar-refractivity contribution in [1.29, 1.82) is 0 Å². The summed E-state index contributed by atoms with van der Waals surface area (Å²) in [4.78, 5) is 37.8. The summed E-state index contributed by atoms with van der Waals surface area (Å²) in [6.07, 6.45) is 64.5. The van der Waals surface area contributed by atoms with Crippen LogP contribution in [-0.4, -0.2) is 37.2 Å². The number of hydrogen-bond donors (Lipinski definition) is 0. The molecule has 0 heterocycles. The summed E-state index contributed by atoms with van der Waals surface area (Å²) < 4.78 is 16.7. The Balaban J connectivity index is 3.86. The van der Waals surface area contributed by atoms with E-state index in [-0.39, 0.29) is 31.1 Å². The first kappa shape index (κ1) is 65.4. The molecule has 0 fully saturated rings. The second-order valence-electron chi connectivity index (χ2n) is 21.0. The molecule has 1 atom stereocenters. The molecule has 0 aromatic heterocycles. The van der Waals surface area contributed by atoms with Crippen LogP contribution in [0.2, 0.25) is 0 Å². The first-order chi connectivity index (χ1) is 33.0. The maximum atomic E-state index is 12.7. The Kier molecular flexibility index (Phi) is 55.6. The van der Waals surface area contributed by atoms with Gasteiger partial charge in [0.25, 0.3) is 0 Å². The van der Waals surface area contributed by atoms with Gasteiger partial charge in [0.15, 0.2) is 6.10 Å². The van der Waals surface area contributed by atoms with E-state index in [2.05, 4.69) is 20.8 Å². The minimum atomic E-state index is -0.759. The first-order valence-electron chi connectivity index (χ1n) is 30.5. The van der Waals surface area contributed by atoms with Gasteiger partial charge < -0.3 is 14.2 Å². The van der Waals surface area contributed by atoms with Crippen LogP contribution in [-0.2, 0) is 28.6 Å². The molecule has 0 radical (unpaired) electrons. The van der Waals surface area contributed by atoms with Crippen molar-refractivity contribution < 1.29 is 28.6 Å². The summed E-state index contributed by atoms with van der Waals surface area (Å²) >= 11 is 0. The number of unbranched alkanes of at least 4 members (excludes halogenated alkanes) is 46. The molecule has 0 aliphatic carbocycles. The van der Waals surface area contributed by atoms with Crippen molar-refractivity contribution in [2.45, 2.75) is 361 Å². The highest BCUT2D eigenvalue weighted by atomic mass is 16.6. The fourth-order valence-electron chi connectivity index (χ4n) is 9.51. The summed E-state index contributed by atoms with van der Waals surface area (Å²) in [6.45, 7) is 6.63. The Bertz CT molecular complexity index is 998. The molecule has 398 valence electrons. The molecule has 0 aromatic carbocycles. The van der Waals surface area contributed by atoms with Crippen LogP contribution in [0.15, 0.2) is 0 Å². The average Bonchev–Trinajstić information content (AvgIpc) is 3.33. The number of carbonyl (C=O) groups is 3. The van der Waals surface area contributed by atoms with Crippen molar-refractivity contribution in [2.24, 2.45) is 0 Å². The van der Waals surface area contributed by atoms with E-state index in [1.807, 2.05) is 0 Å². The van der Waals surface area contributed by atoms with Crippen LogP contribution in [0.1, 0.15) is 355 Å². The van der Waals surface area contributed by atoms with E-state index in [1.54, 1.807) is 0 Å². The zero-order valence-corrected chi connectivity index (χ0v) is 45.7. The molecule has 0 bridgehead atoms. The third kappa shape index (κ3) is 55.2. The Labute approximate surface area is 418 Å². The predicted molar refractivity (Wildman–Crippen MR) is 289 cm³/mol. The van der Waals surface area contributed by atoms with Gasteiger partial charge in [0.05, 0.1) is 0 Å². The lowest BCUT2D eigenvalue weighted by Gasteiger charge is -2.18. The standard InChI is InChI=1S/C61H118O6/c1-4-7-10-13-16-18-20-22-23-24-25-26-27-28-29-30-31-32-33-34-35-36-37-38-39-40-42-43-45-48-51-54-60(63)66-57-58(56-65-59(62)53-50-47-15-12-9-6-3)67-61(64)55-52-49-46-44-41-21-19-17-14-11-8-5-2/h58H,4-57H2,1-3H3. The number of ether oxygens (including phenoxy) is 3. The van der Waals surface area contributed by atoms with E-state index in [1.165, 1.54) is 257 Å². The van der Waals surface area contributed by atoms with Crippen LogP contribution in [0.4, 0.5) is 0 Å². The van der Waals surface area contributed by atoms with Gasteiger partial charge in [0, 0.05) is 19.3 Å². The lowest BCUT2D eigenvalue weighted by atomic mass is 10.0. The topological polar surface area (TPSA) is 78.9 Å². The smallest absolute Gasteiger partial charge is 0.306 e. The molecule has 6 heteroatoms. The van der Waals surface area contributed by atoms with Crippen LogP contribution in [0.3, 0.4) is 0 Å². The summed E-state index contributed by atoms with van der Waals surface area (Å²) in [5.74, 6) is -0.850. The van der Waals surface area contributed by atoms with Gasteiger partial charge in [-0.15, -0.1) is 0 Å². The van der Waals surface area contributed by atoms with Crippen molar-refractivity contribution in [3.63, 3.8) is 0 Å². The van der Waals surface area contributed by atoms with E-state index < -0.39 is 6.10 Å². The van der Waals surface area contributed by atoms with Gasteiger partial charge in [-0.1, -0.05) is 316 Å². The van der Waals surface area contributed by atoms with Crippen molar-refractivity contribution >= 4 is 17.9 Å². The summed E-state index contributed by atoms with van der Waals surface area (Å²) in [5.41, 5.74) is 0. The third-order valence-electron chi connectivity index (χ3n) is 14.1. The Morgan fingerprint density at radius 2 is 0.403 bits per heavy atom. The van der Waals surface area contributed by atoms with Crippen molar-refractivity contribution in [1.82, 2.24) is 0 Å². The number of carbonyl (C=O) groups excluding carboxylic acids is 3. The lowest BCUT2D eigenvalue weighted by molar-refractivity contribution is -0.167. The quantitative estimate of drug-likeness (QED) is 0.0343. The van der Waals surface area contributed by atoms with E-state index >= 15 is 0 Å². The maximum absolute atomic E-state index is 12.7. The van der Waals surface area contributed by atoms with Gasteiger partial charge in [-0.05, 0) is 19.3 Å². The summed E-state index contributed by atoms with van der Waals surface area (Å²) in [7, 11) is 0. The van der Waals surface area contributed by atoms with Crippen LogP contribution < -0.4 is 0 Å². The molecule has 0 aromatic rings. The predicted octanol–water partition coefficient (Wildman–Crippen LogP) is 20.3. The molecule has 0 saturated carbocycles. The van der Waals surface area contributed by atoms with Crippen LogP contribution in [0, 0.1) is 0 Å². The first-order valence-corrected chi connectivity index (χ1v) is 30.5. The molecular weight excluding hydrogens is 829 g/mol. The minimum Gasteiger partial charge on any atom is -0.462 e. The molecule has 0 saturated heterocycles. The molecule has 0 N–H and O–H groups in total. The van der Waals surface area contributed by atoms with Gasteiger partial charge in [-0.3, -0.25) is 14.4 Å². The highest BCUT2D eigenvalue weighted by Gasteiger charge is 2.19. The van der Waals surface area contributed by atoms with E-state index in [0.29, 0.717) is 19.3 Å². The molecule has 0 aliphatic rings. The van der Waals surface area contributed by atoms with E-state index in [9.17, 15) is 14.4 Å². The zero-order chi connectivity index (χ0) is 48.6. The second kappa shape index (κ2) is 57.0. The number of esters is 3. The van der Waals surface area contributed by atoms with Gasteiger partial charge in [-0.25, -0.2) is 0 Å². The fraction of sp³-hybridized carbons (Fsp3) is 0.951.